The molecule has 3 rings (SSSR count). The summed E-state index contributed by atoms with van der Waals surface area (Å²) in [5.41, 5.74) is 0.485. The number of hydrogen-bond donors (Lipinski definition) is 0. The van der Waals surface area contributed by atoms with Gasteiger partial charge in [-0.25, -0.2) is 9.59 Å². The topological polar surface area (TPSA) is 80.3 Å². The van der Waals surface area contributed by atoms with Gasteiger partial charge in [-0.05, 0) is 23.8 Å². The SMILES string of the molecule is CC1(C)OC(=O)C(=Cc2cccc(OCCC3OCCO3)c2)C(=O)O1. The molecular weight excluding hydrogens is 328 g/mol. The van der Waals surface area contributed by atoms with Gasteiger partial charge in [0.05, 0.1) is 19.8 Å². The van der Waals surface area contributed by atoms with Gasteiger partial charge < -0.3 is 23.7 Å². The van der Waals surface area contributed by atoms with E-state index in [-0.39, 0.29) is 11.9 Å². The van der Waals surface area contributed by atoms with Gasteiger partial charge in [0, 0.05) is 20.3 Å². The number of cyclic esters (lactones) is 2. The molecule has 0 spiro atoms. The highest BCUT2D eigenvalue weighted by Crippen LogP contribution is 2.25. The molecule has 0 atom stereocenters. The monoisotopic (exact) mass is 348 g/mol. The maximum atomic E-state index is 12.0. The van der Waals surface area contributed by atoms with E-state index >= 15 is 0 Å². The average molecular weight is 348 g/mol. The van der Waals surface area contributed by atoms with E-state index < -0.39 is 17.7 Å². The van der Waals surface area contributed by atoms with Crippen LogP contribution in [0.15, 0.2) is 29.8 Å². The number of carbonyl (C=O) groups excluding carboxylic acids is 2. The Morgan fingerprint density at radius 2 is 1.84 bits per heavy atom. The highest BCUT2D eigenvalue weighted by atomic mass is 16.7. The van der Waals surface area contributed by atoms with E-state index in [2.05, 4.69) is 0 Å². The minimum atomic E-state index is -1.25. The van der Waals surface area contributed by atoms with Crippen LogP contribution >= 0.6 is 0 Å². The maximum Gasteiger partial charge on any atom is 0.348 e. The summed E-state index contributed by atoms with van der Waals surface area (Å²) < 4.78 is 26.5. The van der Waals surface area contributed by atoms with Gasteiger partial charge in [0.2, 0.25) is 0 Å². The van der Waals surface area contributed by atoms with E-state index in [1.807, 2.05) is 0 Å². The molecular formula is C18H20O7. The van der Waals surface area contributed by atoms with E-state index in [0.717, 1.165) is 0 Å². The molecule has 2 heterocycles. The van der Waals surface area contributed by atoms with Crippen LogP contribution in [0.4, 0.5) is 0 Å². The number of esters is 2. The van der Waals surface area contributed by atoms with Gasteiger partial charge in [0.25, 0.3) is 5.79 Å². The van der Waals surface area contributed by atoms with E-state index in [1.54, 1.807) is 24.3 Å². The van der Waals surface area contributed by atoms with E-state index in [1.165, 1.54) is 19.9 Å². The van der Waals surface area contributed by atoms with Crippen molar-refractivity contribution in [2.75, 3.05) is 19.8 Å². The fraction of sp³-hybridized carbons (Fsp3) is 0.444. The predicted molar refractivity (Wildman–Crippen MR) is 86.5 cm³/mol. The van der Waals surface area contributed by atoms with Crippen LogP contribution in [-0.2, 0) is 28.5 Å². The molecule has 1 aromatic rings. The van der Waals surface area contributed by atoms with Crippen molar-refractivity contribution in [2.24, 2.45) is 0 Å². The first-order valence-electron chi connectivity index (χ1n) is 8.07. The molecule has 0 saturated carbocycles. The van der Waals surface area contributed by atoms with Crippen LogP contribution in [0.2, 0.25) is 0 Å². The second kappa shape index (κ2) is 7.25. The van der Waals surface area contributed by atoms with Crippen molar-refractivity contribution in [1.82, 2.24) is 0 Å². The minimum absolute atomic E-state index is 0.149. The number of benzene rings is 1. The molecule has 2 aliphatic heterocycles. The highest BCUT2D eigenvalue weighted by Gasteiger charge is 2.38. The lowest BCUT2D eigenvalue weighted by atomic mass is 10.1. The van der Waals surface area contributed by atoms with Crippen molar-refractivity contribution in [3.8, 4) is 5.75 Å². The van der Waals surface area contributed by atoms with Crippen molar-refractivity contribution < 1.29 is 33.3 Å². The van der Waals surface area contributed by atoms with Crippen LogP contribution in [0.1, 0.15) is 25.8 Å². The molecule has 0 amide bonds. The fourth-order valence-electron chi connectivity index (χ4n) is 2.49. The third-order valence-corrected chi connectivity index (χ3v) is 3.60. The van der Waals surface area contributed by atoms with Gasteiger partial charge in [0.1, 0.15) is 11.3 Å². The standard InChI is InChI=1S/C18H20O7/c1-18(2)24-16(19)14(17(20)25-18)11-12-4-3-5-13(10-12)21-7-6-15-22-8-9-23-15/h3-5,10-11,15H,6-9H2,1-2H3. The van der Waals surface area contributed by atoms with E-state index in [9.17, 15) is 9.59 Å². The Kier molecular flexibility index (Phi) is 5.06. The van der Waals surface area contributed by atoms with Gasteiger partial charge in [-0.15, -0.1) is 0 Å². The van der Waals surface area contributed by atoms with Crippen molar-refractivity contribution in [3.05, 3.63) is 35.4 Å². The van der Waals surface area contributed by atoms with Crippen LogP contribution in [0.3, 0.4) is 0 Å². The number of ether oxygens (including phenoxy) is 5. The number of carbonyl (C=O) groups is 2. The summed E-state index contributed by atoms with van der Waals surface area (Å²) >= 11 is 0. The maximum absolute atomic E-state index is 12.0. The molecule has 7 heteroatoms. The average Bonchev–Trinajstić information content (AvgIpc) is 3.04. The molecule has 0 aromatic heterocycles. The second-order valence-corrected chi connectivity index (χ2v) is 6.12. The van der Waals surface area contributed by atoms with Crippen LogP contribution < -0.4 is 4.74 Å². The Morgan fingerprint density at radius 3 is 2.52 bits per heavy atom. The first-order chi connectivity index (χ1) is 11.9. The summed E-state index contributed by atoms with van der Waals surface area (Å²) in [6.07, 6.45) is 1.83. The summed E-state index contributed by atoms with van der Waals surface area (Å²) in [6, 6.07) is 7.04. The van der Waals surface area contributed by atoms with Crippen molar-refractivity contribution in [1.29, 1.82) is 0 Å². The zero-order valence-electron chi connectivity index (χ0n) is 14.2. The number of hydrogen-bond acceptors (Lipinski definition) is 7. The quantitative estimate of drug-likeness (QED) is 0.458. The van der Waals surface area contributed by atoms with Crippen LogP contribution in [0.25, 0.3) is 6.08 Å². The summed E-state index contributed by atoms with van der Waals surface area (Å²) in [6.45, 7) is 4.66. The van der Waals surface area contributed by atoms with Gasteiger partial charge in [-0.3, -0.25) is 0 Å². The van der Waals surface area contributed by atoms with Crippen LogP contribution in [-0.4, -0.2) is 43.8 Å². The highest BCUT2D eigenvalue weighted by molar-refractivity contribution is 6.18. The Morgan fingerprint density at radius 1 is 1.16 bits per heavy atom. The summed E-state index contributed by atoms with van der Waals surface area (Å²) in [5, 5.41) is 0. The summed E-state index contributed by atoms with van der Waals surface area (Å²) in [4.78, 5) is 24.0. The van der Waals surface area contributed by atoms with Crippen molar-refractivity contribution >= 4 is 18.0 Å². The molecule has 0 N–H and O–H groups in total. The molecule has 25 heavy (non-hydrogen) atoms. The van der Waals surface area contributed by atoms with Crippen molar-refractivity contribution in [3.63, 3.8) is 0 Å². The van der Waals surface area contributed by atoms with Gasteiger partial charge in [0.15, 0.2) is 6.29 Å². The summed E-state index contributed by atoms with van der Waals surface area (Å²) in [7, 11) is 0. The van der Waals surface area contributed by atoms with Crippen molar-refractivity contribution in [2.45, 2.75) is 32.3 Å². The Hall–Kier alpha value is -2.38. The second-order valence-electron chi connectivity index (χ2n) is 6.12. The smallest absolute Gasteiger partial charge is 0.348 e. The molecule has 7 nitrogen and oxygen atoms in total. The Bertz CT molecular complexity index is 664. The molecule has 0 bridgehead atoms. The Balaban J connectivity index is 1.64. The van der Waals surface area contributed by atoms with Gasteiger partial charge in [-0.1, -0.05) is 12.1 Å². The minimum Gasteiger partial charge on any atom is -0.493 e. The third-order valence-electron chi connectivity index (χ3n) is 3.60. The van der Waals surface area contributed by atoms with Gasteiger partial charge in [-0.2, -0.15) is 0 Å². The zero-order valence-corrected chi connectivity index (χ0v) is 14.2. The summed E-state index contributed by atoms with van der Waals surface area (Å²) in [5.74, 6) is -2.04. The Labute approximate surface area is 145 Å². The lowest BCUT2D eigenvalue weighted by molar-refractivity contribution is -0.222. The fourth-order valence-corrected chi connectivity index (χ4v) is 2.49. The van der Waals surface area contributed by atoms with Gasteiger partial charge >= 0.3 is 11.9 Å². The largest absolute Gasteiger partial charge is 0.493 e. The predicted octanol–water partition coefficient (Wildman–Crippen LogP) is 2.05. The molecule has 134 valence electrons. The molecule has 2 aliphatic rings. The number of rotatable bonds is 5. The lowest BCUT2D eigenvalue weighted by Gasteiger charge is -2.29. The molecule has 0 unspecified atom stereocenters. The molecule has 2 fully saturated rings. The van der Waals surface area contributed by atoms with Crippen LogP contribution in [0, 0.1) is 0 Å². The van der Waals surface area contributed by atoms with E-state index in [4.69, 9.17) is 23.7 Å². The molecule has 1 aromatic carbocycles. The van der Waals surface area contributed by atoms with Crippen LogP contribution in [0.5, 0.6) is 5.75 Å². The lowest BCUT2D eigenvalue weighted by Crippen LogP contribution is -2.41. The normalized spacial score (nSPS) is 20.2. The molecule has 0 radical (unpaired) electrons. The zero-order chi connectivity index (χ0) is 17.9. The first kappa shape index (κ1) is 17.4. The molecule has 0 aliphatic carbocycles. The third kappa shape index (κ3) is 4.58. The molecule has 2 saturated heterocycles. The van der Waals surface area contributed by atoms with E-state index in [0.29, 0.717) is 37.6 Å². The first-order valence-corrected chi connectivity index (χ1v) is 8.07.